The van der Waals surface area contributed by atoms with Crippen molar-refractivity contribution in [2.24, 2.45) is 11.7 Å². The molecule has 1 fully saturated rings. The number of hydrogen-bond donors (Lipinski definition) is 3. The van der Waals surface area contributed by atoms with Gasteiger partial charge in [-0.3, -0.25) is 9.59 Å². The first kappa shape index (κ1) is 17.6. The molecule has 1 heterocycles. The first-order chi connectivity index (χ1) is 9.86. The van der Waals surface area contributed by atoms with Crippen LogP contribution in [0.2, 0.25) is 0 Å². The van der Waals surface area contributed by atoms with Crippen LogP contribution in [0.15, 0.2) is 0 Å². The van der Waals surface area contributed by atoms with Crippen LogP contribution in [0.25, 0.3) is 0 Å². The maximum absolute atomic E-state index is 12.7. The van der Waals surface area contributed by atoms with E-state index in [9.17, 15) is 14.4 Å². The Morgan fingerprint density at radius 3 is 2.67 bits per heavy atom. The first-order valence-electron chi connectivity index (χ1n) is 7.02. The van der Waals surface area contributed by atoms with Crippen molar-refractivity contribution in [2.75, 3.05) is 18.1 Å². The Morgan fingerprint density at radius 1 is 1.48 bits per heavy atom. The molecule has 21 heavy (non-hydrogen) atoms. The second kappa shape index (κ2) is 8.11. The van der Waals surface area contributed by atoms with Gasteiger partial charge in [0.25, 0.3) is 0 Å². The summed E-state index contributed by atoms with van der Waals surface area (Å²) in [7, 11) is 0. The second-order valence-electron chi connectivity index (χ2n) is 5.23. The van der Waals surface area contributed by atoms with Crippen molar-refractivity contribution >= 4 is 29.7 Å². The molecular weight excluding hydrogens is 294 g/mol. The number of carbonyl (C=O) groups is 3. The Morgan fingerprint density at radius 2 is 2.14 bits per heavy atom. The van der Waals surface area contributed by atoms with E-state index >= 15 is 0 Å². The molecule has 0 bridgehead atoms. The molecule has 1 saturated heterocycles. The lowest BCUT2D eigenvalue weighted by atomic mass is 9.97. The second-order valence-corrected chi connectivity index (χ2v) is 6.38. The zero-order chi connectivity index (χ0) is 16.0. The van der Waals surface area contributed by atoms with E-state index in [1.54, 1.807) is 16.7 Å². The van der Waals surface area contributed by atoms with Gasteiger partial charge in [0, 0.05) is 18.1 Å². The molecule has 8 heteroatoms. The minimum absolute atomic E-state index is 0.0648. The summed E-state index contributed by atoms with van der Waals surface area (Å²) in [4.78, 5) is 36.3. The molecule has 120 valence electrons. The number of rotatable bonds is 6. The molecule has 4 N–H and O–H groups in total. The molecule has 1 aliphatic heterocycles. The van der Waals surface area contributed by atoms with Gasteiger partial charge >= 0.3 is 12.0 Å². The van der Waals surface area contributed by atoms with Crippen molar-refractivity contribution in [3.8, 4) is 0 Å². The van der Waals surface area contributed by atoms with Gasteiger partial charge in [-0.05, 0) is 5.92 Å². The lowest BCUT2D eigenvalue weighted by Crippen LogP contribution is -2.57. The maximum atomic E-state index is 12.7. The lowest BCUT2D eigenvalue weighted by molar-refractivity contribution is -0.141. The fourth-order valence-corrected chi connectivity index (χ4v) is 3.39. The number of urea groups is 1. The number of aliphatic carboxylic acids is 1. The summed E-state index contributed by atoms with van der Waals surface area (Å²) in [6, 6.07) is -1.78. The minimum atomic E-state index is -0.928. The smallest absolute Gasteiger partial charge is 0.312 e. The standard InChI is InChI=1S/C13H23N3O4S/c1-3-8(2)11(15-13(14)20)12(19)16-4-5-21-7-9(16)6-10(17)18/h8-9,11H,3-7H2,1-2H3,(H,17,18)(H3,14,15,20). The monoisotopic (exact) mass is 317 g/mol. The fourth-order valence-electron chi connectivity index (χ4n) is 2.33. The molecular formula is C13H23N3O4S. The third kappa shape index (κ3) is 5.11. The van der Waals surface area contributed by atoms with Crippen molar-refractivity contribution in [2.45, 2.75) is 38.8 Å². The van der Waals surface area contributed by atoms with Gasteiger partial charge in [0.2, 0.25) is 5.91 Å². The van der Waals surface area contributed by atoms with Crippen LogP contribution in [0, 0.1) is 5.92 Å². The van der Waals surface area contributed by atoms with Crippen LogP contribution in [0.5, 0.6) is 0 Å². The molecule has 0 aliphatic carbocycles. The van der Waals surface area contributed by atoms with Gasteiger partial charge in [0.1, 0.15) is 6.04 Å². The third-order valence-corrected chi connectivity index (χ3v) is 4.79. The first-order valence-corrected chi connectivity index (χ1v) is 8.18. The van der Waals surface area contributed by atoms with Crippen molar-refractivity contribution in [3.63, 3.8) is 0 Å². The van der Waals surface area contributed by atoms with Crippen LogP contribution in [-0.2, 0) is 9.59 Å². The van der Waals surface area contributed by atoms with Gasteiger partial charge in [-0.15, -0.1) is 0 Å². The van der Waals surface area contributed by atoms with E-state index in [1.165, 1.54) is 0 Å². The number of carboxylic acid groups (broad SMARTS) is 1. The number of amides is 3. The predicted molar refractivity (Wildman–Crippen MR) is 81.0 cm³/mol. The molecule has 3 atom stereocenters. The van der Waals surface area contributed by atoms with Crippen molar-refractivity contribution in [1.29, 1.82) is 0 Å². The topological polar surface area (TPSA) is 113 Å². The third-order valence-electron chi connectivity index (χ3n) is 3.70. The normalized spacial score (nSPS) is 21.4. The van der Waals surface area contributed by atoms with Crippen molar-refractivity contribution in [3.05, 3.63) is 0 Å². The Kier molecular flexibility index (Phi) is 6.80. The summed E-state index contributed by atoms with van der Waals surface area (Å²) in [5.41, 5.74) is 5.15. The lowest BCUT2D eigenvalue weighted by Gasteiger charge is -2.38. The fraction of sp³-hybridized carbons (Fsp3) is 0.769. The number of nitrogens with two attached hydrogens (primary N) is 1. The molecule has 7 nitrogen and oxygen atoms in total. The highest BCUT2D eigenvalue weighted by atomic mass is 32.2. The van der Waals surface area contributed by atoms with Crippen LogP contribution >= 0.6 is 11.8 Å². The number of nitrogens with zero attached hydrogens (tertiary/aromatic N) is 1. The van der Waals surface area contributed by atoms with Gasteiger partial charge < -0.3 is 21.1 Å². The molecule has 0 saturated carbocycles. The average Bonchev–Trinajstić information content (AvgIpc) is 2.43. The molecule has 0 aromatic heterocycles. The molecule has 0 aromatic carbocycles. The Hall–Kier alpha value is -1.44. The molecule has 1 aliphatic rings. The van der Waals surface area contributed by atoms with Crippen LogP contribution in [0.1, 0.15) is 26.7 Å². The van der Waals surface area contributed by atoms with Crippen molar-refractivity contribution in [1.82, 2.24) is 10.2 Å². The van der Waals surface area contributed by atoms with E-state index in [4.69, 9.17) is 10.8 Å². The molecule has 0 aromatic rings. The number of hydrogen-bond acceptors (Lipinski definition) is 4. The highest BCUT2D eigenvalue weighted by molar-refractivity contribution is 7.99. The van der Waals surface area contributed by atoms with Crippen molar-refractivity contribution < 1.29 is 19.5 Å². The Labute approximate surface area is 128 Å². The molecule has 0 radical (unpaired) electrons. The number of carboxylic acids is 1. The van der Waals surface area contributed by atoms with E-state index in [0.717, 1.165) is 5.75 Å². The van der Waals surface area contributed by atoms with Gasteiger partial charge in [-0.1, -0.05) is 20.3 Å². The number of nitrogens with one attached hydrogen (secondary N) is 1. The zero-order valence-corrected chi connectivity index (χ0v) is 13.2. The highest BCUT2D eigenvalue weighted by Gasteiger charge is 2.35. The number of thioether (sulfide) groups is 1. The summed E-state index contributed by atoms with van der Waals surface area (Å²) in [5.74, 6) is 0.135. The quantitative estimate of drug-likeness (QED) is 0.660. The van der Waals surface area contributed by atoms with Gasteiger partial charge in [0.05, 0.1) is 12.5 Å². The van der Waals surface area contributed by atoms with E-state index in [0.29, 0.717) is 18.7 Å². The molecule has 0 spiro atoms. The van der Waals surface area contributed by atoms with Crippen LogP contribution in [0.3, 0.4) is 0 Å². The summed E-state index contributed by atoms with van der Waals surface area (Å²) < 4.78 is 0. The molecule has 1 rings (SSSR count). The number of primary amides is 1. The highest BCUT2D eigenvalue weighted by Crippen LogP contribution is 2.22. The summed E-state index contributed by atoms with van der Waals surface area (Å²) in [5, 5.41) is 11.5. The number of carbonyl (C=O) groups excluding carboxylic acids is 2. The SMILES string of the molecule is CCC(C)C(NC(N)=O)C(=O)N1CCSCC1CC(=O)O. The van der Waals surface area contributed by atoms with E-state index in [1.807, 2.05) is 13.8 Å². The van der Waals surface area contributed by atoms with E-state index in [-0.39, 0.29) is 24.3 Å². The Bertz CT molecular complexity index is 405. The predicted octanol–water partition coefficient (Wildman–Crippen LogP) is 0.488. The Balaban J connectivity index is 2.87. The van der Waals surface area contributed by atoms with E-state index < -0.39 is 18.0 Å². The largest absolute Gasteiger partial charge is 0.481 e. The zero-order valence-electron chi connectivity index (χ0n) is 12.4. The van der Waals surface area contributed by atoms with Gasteiger partial charge in [0.15, 0.2) is 0 Å². The summed E-state index contributed by atoms with van der Waals surface area (Å²) in [6.45, 7) is 4.28. The van der Waals surface area contributed by atoms with Gasteiger partial charge in [-0.2, -0.15) is 11.8 Å². The van der Waals surface area contributed by atoms with Crippen LogP contribution < -0.4 is 11.1 Å². The summed E-state index contributed by atoms with van der Waals surface area (Å²) >= 11 is 1.64. The maximum Gasteiger partial charge on any atom is 0.312 e. The van der Waals surface area contributed by atoms with Crippen LogP contribution in [-0.4, -0.2) is 58.0 Å². The molecule has 3 unspecified atom stereocenters. The minimum Gasteiger partial charge on any atom is -0.481 e. The summed E-state index contributed by atoms with van der Waals surface area (Å²) in [6.07, 6.45) is 0.630. The average molecular weight is 317 g/mol. The van der Waals surface area contributed by atoms with Gasteiger partial charge in [-0.25, -0.2) is 4.79 Å². The molecule has 3 amide bonds. The van der Waals surface area contributed by atoms with Crippen LogP contribution in [0.4, 0.5) is 4.79 Å². The van der Waals surface area contributed by atoms with E-state index in [2.05, 4.69) is 5.32 Å².